The number of hydrogen-bond acceptors (Lipinski definition) is 6. The summed E-state index contributed by atoms with van der Waals surface area (Å²) >= 11 is 0. The molecule has 1 heterocycles. The van der Waals surface area contributed by atoms with Gasteiger partial charge in [-0.15, -0.1) is 0 Å². The van der Waals surface area contributed by atoms with Gasteiger partial charge in [0.05, 0.1) is 13.5 Å². The van der Waals surface area contributed by atoms with Crippen molar-refractivity contribution < 1.29 is 28.6 Å². The smallest absolute Gasteiger partial charge is 0.331 e. The summed E-state index contributed by atoms with van der Waals surface area (Å²) < 4.78 is 15.8. The van der Waals surface area contributed by atoms with Crippen LogP contribution in [0, 0.1) is 0 Å². The van der Waals surface area contributed by atoms with Gasteiger partial charge in [0.15, 0.2) is 23.9 Å². The first-order valence-corrected chi connectivity index (χ1v) is 9.22. The zero-order valence-electron chi connectivity index (χ0n) is 16.5. The molecule has 0 spiro atoms. The Bertz CT molecular complexity index is 1020. The number of esters is 1. The molecule has 154 valence electrons. The number of rotatable bonds is 9. The highest BCUT2D eigenvalue weighted by Crippen LogP contribution is 2.28. The molecule has 0 bridgehead atoms. The minimum Gasteiger partial charge on any atom is -0.493 e. The Balaban J connectivity index is 1.56. The highest BCUT2D eigenvalue weighted by molar-refractivity contribution is 6.03. The van der Waals surface area contributed by atoms with Crippen molar-refractivity contribution in [3.8, 4) is 11.5 Å². The second kappa shape index (κ2) is 9.56. The maximum absolute atomic E-state index is 12.3. The lowest BCUT2D eigenvalue weighted by atomic mass is 10.1. The van der Waals surface area contributed by atoms with E-state index >= 15 is 0 Å². The van der Waals surface area contributed by atoms with Crippen LogP contribution in [-0.4, -0.2) is 38.0 Å². The van der Waals surface area contributed by atoms with E-state index in [4.69, 9.17) is 14.2 Å². The molecule has 7 nitrogen and oxygen atoms in total. The molecule has 0 fully saturated rings. The molecule has 0 aromatic heterocycles. The van der Waals surface area contributed by atoms with E-state index in [2.05, 4.69) is 11.9 Å². The van der Waals surface area contributed by atoms with E-state index in [1.807, 2.05) is 0 Å². The quantitative estimate of drug-likeness (QED) is 0.297. The van der Waals surface area contributed by atoms with Crippen molar-refractivity contribution in [3.63, 3.8) is 0 Å². The van der Waals surface area contributed by atoms with Crippen LogP contribution in [0.3, 0.4) is 0 Å². The number of carbonyl (C=O) groups excluding carboxylic acids is 3. The van der Waals surface area contributed by atoms with Crippen molar-refractivity contribution in [2.75, 3.05) is 25.6 Å². The predicted octanol–water partition coefficient (Wildman–Crippen LogP) is 3.19. The Labute approximate surface area is 173 Å². The van der Waals surface area contributed by atoms with Crippen molar-refractivity contribution in [1.29, 1.82) is 0 Å². The predicted molar refractivity (Wildman–Crippen MR) is 112 cm³/mol. The van der Waals surface area contributed by atoms with Gasteiger partial charge in [-0.2, -0.15) is 0 Å². The Morgan fingerprint density at radius 2 is 2.00 bits per heavy atom. The molecule has 1 aliphatic heterocycles. The number of amides is 1. The number of benzene rings is 2. The Morgan fingerprint density at radius 1 is 1.17 bits per heavy atom. The summed E-state index contributed by atoms with van der Waals surface area (Å²) in [6.45, 7) is 3.56. The summed E-state index contributed by atoms with van der Waals surface area (Å²) in [4.78, 5) is 35.6. The van der Waals surface area contributed by atoms with Crippen molar-refractivity contribution in [3.05, 3.63) is 71.8 Å². The van der Waals surface area contributed by atoms with Gasteiger partial charge < -0.3 is 19.5 Å². The van der Waals surface area contributed by atoms with E-state index in [1.165, 1.54) is 13.2 Å². The van der Waals surface area contributed by atoms with Gasteiger partial charge in [-0.25, -0.2) is 4.79 Å². The van der Waals surface area contributed by atoms with E-state index in [0.717, 1.165) is 5.56 Å². The van der Waals surface area contributed by atoms with E-state index < -0.39 is 5.97 Å². The van der Waals surface area contributed by atoms with Gasteiger partial charge in [0.25, 0.3) is 0 Å². The molecule has 1 N–H and O–H groups in total. The van der Waals surface area contributed by atoms with Crippen molar-refractivity contribution in [1.82, 2.24) is 0 Å². The molecule has 30 heavy (non-hydrogen) atoms. The monoisotopic (exact) mass is 407 g/mol. The fourth-order valence-corrected chi connectivity index (χ4v) is 2.89. The molecule has 2 aromatic carbocycles. The van der Waals surface area contributed by atoms with Gasteiger partial charge in [-0.05, 0) is 47.5 Å². The Morgan fingerprint density at radius 3 is 2.77 bits per heavy atom. The SMILES string of the molecule is C=CCOc1ccc(/C=C/C(=O)OCC(=O)c2ccc3c(c2)CC(=O)N3)cc1OC. The first-order valence-electron chi connectivity index (χ1n) is 9.22. The number of fused-ring (bicyclic) bond motifs is 1. The molecule has 1 aliphatic rings. The van der Waals surface area contributed by atoms with Crippen LogP contribution in [0.2, 0.25) is 0 Å². The third-order valence-corrected chi connectivity index (χ3v) is 4.35. The van der Waals surface area contributed by atoms with Crippen molar-refractivity contribution in [2.24, 2.45) is 0 Å². The maximum Gasteiger partial charge on any atom is 0.331 e. The van der Waals surface area contributed by atoms with Gasteiger partial charge in [-0.3, -0.25) is 9.59 Å². The summed E-state index contributed by atoms with van der Waals surface area (Å²) in [7, 11) is 1.52. The van der Waals surface area contributed by atoms with Crippen LogP contribution in [0.1, 0.15) is 21.5 Å². The molecule has 1 amide bonds. The third-order valence-electron chi connectivity index (χ3n) is 4.35. The molecular weight excluding hydrogens is 386 g/mol. The first kappa shape index (κ1) is 20.9. The molecule has 7 heteroatoms. The van der Waals surface area contributed by atoms with Crippen molar-refractivity contribution >= 4 is 29.4 Å². The highest BCUT2D eigenvalue weighted by Gasteiger charge is 2.19. The molecule has 0 unspecified atom stereocenters. The second-order valence-electron chi connectivity index (χ2n) is 6.47. The third kappa shape index (κ3) is 5.14. The van der Waals surface area contributed by atoms with Crippen molar-refractivity contribution in [2.45, 2.75) is 6.42 Å². The zero-order valence-corrected chi connectivity index (χ0v) is 16.5. The molecule has 2 aromatic rings. The van der Waals surface area contributed by atoms with Crippen LogP contribution in [0.5, 0.6) is 11.5 Å². The van der Waals surface area contributed by atoms with E-state index in [9.17, 15) is 14.4 Å². The Hall–Kier alpha value is -3.87. The fraction of sp³-hybridized carbons (Fsp3) is 0.174. The average molecular weight is 407 g/mol. The second-order valence-corrected chi connectivity index (χ2v) is 6.47. The van der Waals surface area contributed by atoms with E-state index in [-0.39, 0.29) is 24.7 Å². The minimum absolute atomic E-state index is 0.108. The van der Waals surface area contributed by atoms with Crippen LogP contribution < -0.4 is 14.8 Å². The summed E-state index contributed by atoms with van der Waals surface area (Å²) in [5.41, 5.74) is 2.55. The number of hydrogen-bond donors (Lipinski definition) is 1. The molecule has 0 atom stereocenters. The standard InChI is InChI=1S/C23H21NO6/c1-3-10-29-20-8-4-15(11-21(20)28-2)5-9-23(27)30-14-19(25)16-6-7-18-17(12-16)13-22(26)24-18/h3-9,11-12H,1,10,13-14H2,2H3,(H,24,26)/b9-5+. The van der Waals surface area contributed by atoms with Crippen LogP contribution in [0.4, 0.5) is 5.69 Å². The number of anilines is 1. The number of ketones is 1. The summed E-state index contributed by atoms with van der Waals surface area (Å²) in [6, 6.07) is 10.1. The van der Waals surface area contributed by atoms with Gasteiger partial charge >= 0.3 is 5.97 Å². The average Bonchev–Trinajstić information content (AvgIpc) is 3.13. The van der Waals surface area contributed by atoms with Crippen LogP contribution in [0.25, 0.3) is 6.08 Å². The Kier molecular flexibility index (Phi) is 6.64. The van der Waals surface area contributed by atoms with E-state index in [1.54, 1.807) is 48.6 Å². The lowest BCUT2D eigenvalue weighted by Crippen LogP contribution is -2.12. The lowest BCUT2D eigenvalue weighted by molar-refractivity contribution is -0.136. The number of methoxy groups -OCH3 is 1. The molecule has 0 saturated carbocycles. The molecule has 0 radical (unpaired) electrons. The summed E-state index contributed by atoms with van der Waals surface area (Å²) in [5.74, 6) is -0.0132. The van der Waals surface area contributed by atoms with Gasteiger partial charge in [0.2, 0.25) is 5.91 Å². The molecule has 0 aliphatic carbocycles. The van der Waals surface area contributed by atoms with Crippen LogP contribution in [0.15, 0.2) is 55.1 Å². The topological polar surface area (TPSA) is 90.9 Å². The highest BCUT2D eigenvalue weighted by atomic mass is 16.5. The molecule has 3 rings (SSSR count). The van der Waals surface area contributed by atoms with Crippen LogP contribution in [-0.2, 0) is 20.7 Å². The number of carbonyl (C=O) groups is 3. The summed E-state index contributed by atoms with van der Waals surface area (Å²) in [6.07, 6.45) is 4.65. The number of Topliss-reactive ketones (excluding diaryl/α,β-unsaturated/α-hetero) is 1. The normalized spacial score (nSPS) is 12.2. The van der Waals surface area contributed by atoms with Gasteiger partial charge in [-0.1, -0.05) is 18.7 Å². The minimum atomic E-state index is -0.646. The fourth-order valence-electron chi connectivity index (χ4n) is 2.89. The van der Waals surface area contributed by atoms with Gasteiger partial charge in [0.1, 0.15) is 6.61 Å². The van der Waals surface area contributed by atoms with E-state index in [0.29, 0.717) is 34.9 Å². The van der Waals surface area contributed by atoms with Gasteiger partial charge in [0, 0.05) is 17.3 Å². The maximum atomic E-state index is 12.3. The first-order chi connectivity index (χ1) is 14.5. The molecular formula is C23H21NO6. The number of ether oxygens (including phenoxy) is 3. The largest absolute Gasteiger partial charge is 0.493 e. The summed E-state index contributed by atoms with van der Waals surface area (Å²) in [5, 5.41) is 2.70. The van der Waals surface area contributed by atoms with Crippen LogP contribution >= 0.6 is 0 Å². The molecule has 0 saturated heterocycles. The number of nitrogens with one attached hydrogen (secondary N) is 1. The lowest BCUT2D eigenvalue weighted by Gasteiger charge is -2.09. The zero-order chi connectivity index (χ0) is 21.5.